The number of rotatable bonds is 4. The molecule has 0 aromatic heterocycles. The van der Waals surface area contributed by atoms with Gasteiger partial charge in [-0.15, -0.1) is 0 Å². The number of hydrogen-bond acceptors (Lipinski definition) is 1. The van der Waals surface area contributed by atoms with E-state index in [2.05, 4.69) is 0 Å². The smallest absolute Gasteiger partial charge is 0.311 e. The van der Waals surface area contributed by atoms with E-state index in [-0.39, 0.29) is 5.56 Å². The Bertz CT molecular complexity index is 335. The number of carboxylic acid groups (broad SMARTS) is 1. The highest BCUT2D eigenvalue weighted by Crippen LogP contribution is 2.23. The van der Waals surface area contributed by atoms with Gasteiger partial charge in [0.15, 0.2) is 0 Å². The summed E-state index contributed by atoms with van der Waals surface area (Å²) >= 11 is 0. The van der Waals surface area contributed by atoms with Crippen molar-refractivity contribution in [1.82, 2.24) is 0 Å². The van der Waals surface area contributed by atoms with Gasteiger partial charge in [-0.05, 0) is 17.7 Å². The van der Waals surface area contributed by atoms with Crippen molar-refractivity contribution in [2.75, 3.05) is 0 Å². The van der Waals surface area contributed by atoms with Gasteiger partial charge in [-0.2, -0.15) is 0 Å². The summed E-state index contributed by atoms with van der Waals surface area (Å²) < 4.78 is 36.7. The zero-order chi connectivity index (χ0) is 11.4. The van der Waals surface area contributed by atoms with E-state index in [0.29, 0.717) is 0 Å². The summed E-state index contributed by atoms with van der Waals surface area (Å²) in [5, 5.41) is 8.72. The van der Waals surface area contributed by atoms with Crippen LogP contribution in [0.5, 0.6) is 0 Å². The summed E-state index contributed by atoms with van der Waals surface area (Å²) in [4.78, 5) is 10.7. The Morgan fingerprint density at radius 2 is 1.80 bits per heavy atom. The maximum absolute atomic E-state index is 12.5. The predicted octanol–water partition coefficient (Wildman–Crippen LogP) is 2.65. The first-order valence-corrected chi connectivity index (χ1v) is 4.27. The van der Waals surface area contributed by atoms with Crippen LogP contribution in [0.2, 0.25) is 0 Å². The molecule has 1 aromatic rings. The second-order valence-corrected chi connectivity index (χ2v) is 3.07. The molecule has 0 aliphatic carbocycles. The monoisotopic (exact) mass is 218 g/mol. The molecule has 0 radical (unpaired) electrons. The van der Waals surface area contributed by atoms with Crippen LogP contribution in [-0.2, 0) is 4.79 Å². The lowest BCUT2D eigenvalue weighted by atomic mass is 9.96. The van der Waals surface area contributed by atoms with Crippen LogP contribution in [0.15, 0.2) is 24.3 Å². The summed E-state index contributed by atoms with van der Waals surface area (Å²) in [6.45, 7) is 0. The van der Waals surface area contributed by atoms with Gasteiger partial charge in [0.05, 0.1) is 5.92 Å². The Morgan fingerprint density at radius 3 is 2.20 bits per heavy atom. The van der Waals surface area contributed by atoms with Crippen molar-refractivity contribution >= 4 is 5.97 Å². The molecule has 0 spiro atoms. The SMILES string of the molecule is O=C(O)[C@H](CC(F)F)c1ccc(F)cc1. The van der Waals surface area contributed by atoms with Crippen LogP contribution >= 0.6 is 0 Å². The first-order chi connectivity index (χ1) is 7.00. The van der Waals surface area contributed by atoms with Crippen LogP contribution in [0.1, 0.15) is 17.9 Å². The number of halogens is 3. The number of carbonyl (C=O) groups is 1. The maximum atomic E-state index is 12.5. The molecule has 0 fully saturated rings. The Hall–Kier alpha value is -1.52. The second kappa shape index (κ2) is 4.82. The van der Waals surface area contributed by atoms with Crippen LogP contribution in [0.25, 0.3) is 0 Å². The first-order valence-electron chi connectivity index (χ1n) is 4.27. The molecule has 0 saturated heterocycles. The number of carboxylic acids is 1. The van der Waals surface area contributed by atoms with Crippen LogP contribution < -0.4 is 0 Å². The van der Waals surface area contributed by atoms with Crippen LogP contribution in [0.3, 0.4) is 0 Å². The Labute approximate surface area is 84.3 Å². The van der Waals surface area contributed by atoms with Gasteiger partial charge < -0.3 is 5.11 Å². The summed E-state index contributed by atoms with van der Waals surface area (Å²) in [5.74, 6) is -3.15. The number of alkyl halides is 2. The molecule has 0 aliphatic heterocycles. The van der Waals surface area contributed by atoms with Gasteiger partial charge >= 0.3 is 5.97 Å². The molecule has 1 atom stereocenters. The molecular formula is C10H9F3O2. The van der Waals surface area contributed by atoms with Gasteiger partial charge in [-0.1, -0.05) is 12.1 Å². The van der Waals surface area contributed by atoms with Gasteiger partial charge in [0.1, 0.15) is 5.82 Å². The minimum absolute atomic E-state index is 0.184. The van der Waals surface area contributed by atoms with Crippen molar-refractivity contribution in [2.45, 2.75) is 18.8 Å². The van der Waals surface area contributed by atoms with Gasteiger partial charge in [0.2, 0.25) is 6.43 Å². The average molecular weight is 218 g/mol. The fourth-order valence-corrected chi connectivity index (χ4v) is 1.25. The van der Waals surface area contributed by atoms with Crippen LogP contribution in [0.4, 0.5) is 13.2 Å². The largest absolute Gasteiger partial charge is 0.481 e. The Kier molecular flexibility index (Phi) is 3.71. The molecular weight excluding hydrogens is 209 g/mol. The lowest BCUT2D eigenvalue weighted by molar-refractivity contribution is -0.139. The maximum Gasteiger partial charge on any atom is 0.311 e. The molecule has 2 nitrogen and oxygen atoms in total. The van der Waals surface area contributed by atoms with Crippen molar-refractivity contribution in [3.63, 3.8) is 0 Å². The zero-order valence-corrected chi connectivity index (χ0v) is 7.66. The minimum atomic E-state index is -2.70. The van der Waals surface area contributed by atoms with E-state index >= 15 is 0 Å². The molecule has 5 heteroatoms. The molecule has 1 rings (SSSR count). The van der Waals surface area contributed by atoms with Gasteiger partial charge in [0.25, 0.3) is 0 Å². The number of hydrogen-bond donors (Lipinski definition) is 1. The third-order valence-corrected chi connectivity index (χ3v) is 1.98. The molecule has 0 aliphatic rings. The summed E-state index contributed by atoms with van der Waals surface area (Å²) in [6.07, 6.45) is -3.46. The van der Waals surface area contributed by atoms with E-state index in [1.807, 2.05) is 0 Å². The standard InChI is InChI=1S/C10H9F3O2/c11-7-3-1-6(2-4-7)8(10(14)15)5-9(12)13/h1-4,8-9H,5H2,(H,14,15)/t8-/m1/s1. The third-order valence-electron chi connectivity index (χ3n) is 1.98. The molecule has 0 unspecified atom stereocenters. The molecule has 15 heavy (non-hydrogen) atoms. The molecule has 1 N–H and O–H groups in total. The number of benzene rings is 1. The quantitative estimate of drug-likeness (QED) is 0.843. The van der Waals surface area contributed by atoms with E-state index in [0.717, 1.165) is 12.1 Å². The summed E-state index contributed by atoms with van der Waals surface area (Å²) in [5.41, 5.74) is 0.184. The molecule has 0 heterocycles. The van der Waals surface area contributed by atoms with E-state index in [4.69, 9.17) is 5.11 Å². The predicted molar refractivity (Wildman–Crippen MR) is 47.4 cm³/mol. The van der Waals surface area contributed by atoms with Crippen molar-refractivity contribution < 1.29 is 23.1 Å². The zero-order valence-electron chi connectivity index (χ0n) is 7.66. The normalized spacial score (nSPS) is 12.8. The molecule has 0 bridgehead atoms. The highest BCUT2D eigenvalue weighted by Gasteiger charge is 2.23. The first kappa shape index (κ1) is 11.6. The topological polar surface area (TPSA) is 37.3 Å². The van der Waals surface area contributed by atoms with E-state index in [9.17, 15) is 18.0 Å². The van der Waals surface area contributed by atoms with E-state index in [1.54, 1.807) is 0 Å². The fraction of sp³-hybridized carbons (Fsp3) is 0.300. The van der Waals surface area contributed by atoms with E-state index in [1.165, 1.54) is 12.1 Å². The minimum Gasteiger partial charge on any atom is -0.481 e. The fourth-order valence-electron chi connectivity index (χ4n) is 1.25. The molecule has 82 valence electrons. The van der Waals surface area contributed by atoms with Crippen LogP contribution in [-0.4, -0.2) is 17.5 Å². The third kappa shape index (κ3) is 3.27. The van der Waals surface area contributed by atoms with Crippen molar-refractivity contribution in [2.24, 2.45) is 0 Å². The van der Waals surface area contributed by atoms with E-state index < -0.39 is 30.6 Å². The Morgan fingerprint density at radius 1 is 1.27 bits per heavy atom. The lowest BCUT2D eigenvalue weighted by Crippen LogP contribution is -2.14. The summed E-state index contributed by atoms with van der Waals surface area (Å²) in [7, 11) is 0. The lowest BCUT2D eigenvalue weighted by Gasteiger charge is -2.11. The number of aliphatic carboxylic acids is 1. The van der Waals surface area contributed by atoms with Crippen molar-refractivity contribution in [3.05, 3.63) is 35.6 Å². The molecule has 0 saturated carbocycles. The van der Waals surface area contributed by atoms with Crippen molar-refractivity contribution in [1.29, 1.82) is 0 Å². The van der Waals surface area contributed by atoms with Gasteiger partial charge in [-0.25, -0.2) is 13.2 Å². The Balaban J connectivity index is 2.89. The van der Waals surface area contributed by atoms with Crippen molar-refractivity contribution in [3.8, 4) is 0 Å². The molecule has 0 amide bonds. The summed E-state index contributed by atoms with van der Waals surface area (Å²) in [6, 6.07) is 4.51. The van der Waals surface area contributed by atoms with Gasteiger partial charge in [-0.3, -0.25) is 4.79 Å². The van der Waals surface area contributed by atoms with Crippen LogP contribution in [0, 0.1) is 5.82 Å². The molecule has 1 aromatic carbocycles. The highest BCUT2D eigenvalue weighted by molar-refractivity contribution is 5.76. The van der Waals surface area contributed by atoms with Gasteiger partial charge in [0, 0.05) is 6.42 Å². The average Bonchev–Trinajstić information content (AvgIpc) is 2.15. The second-order valence-electron chi connectivity index (χ2n) is 3.07. The highest BCUT2D eigenvalue weighted by atomic mass is 19.3.